The molecule has 6 nitrogen and oxygen atoms in total. The summed E-state index contributed by atoms with van der Waals surface area (Å²) in [5.74, 6) is -0.386. The molecule has 0 saturated heterocycles. The molecule has 0 saturated carbocycles. The average Bonchev–Trinajstić information content (AvgIpc) is 3.25. The van der Waals surface area contributed by atoms with Crippen molar-refractivity contribution >= 4 is 34.8 Å². The van der Waals surface area contributed by atoms with Crippen molar-refractivity contribution in [2.24, 2.45) is 0 Å². The standard InChI is InChI=1S/C19H16Cl2F3N5O/c1-11-17(21)18(19(22,23)24)26-28(11)10-16(30)27-8-2-3-14-15(27)9-25-29(14)13-6-4-12(20)5-7-13/h4-7,9H,2-3,8,10H2,1H3. The van der Waals surface area contributed by atoms with Gasteiger partial charge in [-0.15, -0.1) is 0 Å². The number of anilines is 1. The molecule has 0 spiro atoms. The molecule has 0 unspecified atom stereocenters. The highest BCUT2D eigenvalue weighted by Gasteiger charge is 2.38. The molecule has 4 rings (SSSR count). The monoisotopic (exact) mass is 457 g/mol. The van der Waals surface area contributed by atoms with Crippen LogP contribution in [0.25, 0.3) is 5.69 Å². The van der Waals surface area contributed by atoms with Crippen LogP contribution in [0.5, 0.6) is 0 Å². The number of halogens is 5. The van der Waals surface area contributed by atoms with E-state index < -0.39 is 16.9 Å². The first kappa shape index (κ1) is 20.7. The number of benzene rings is 1. The SMILES string of the molecule is Cc1c(Cl)c(C(F)(F)F)nn1CC(=O)N1CCCc2c1cnn2-c1ccc(Cl)cc1. The van der Waals surface area contributed by atoms with Gasteiger partial charge in [0.25, 0.3) is 0 Å². The largest absolute Gasteiger partial charge is 0.436 e. The topological polar surface area (TPSA) is 56.0 Å². The summed E-state index contributed by atoms with van der Waals surface area (Å²) in [6, 6.07) is 7.15. The molecule has 1 amide bonds. The van der Waals surface area contributed by atoms with Crippen LogP contribution >= 0.6 is 23.2 Å². The normalized spacial score (nSPS) is 14.1. The van der Waals surface area contributed by atoms with Crippen LogP contribution in [0.3, 0.4) is 0 Å². The van der Waals surface area contributed by atoms with E-state index in [0.717, 1.165) is 16.1 Å². The molecule has 0 aliphatic carbocycles. The Morgan fingerprint density at radius 2 is 1.90 bits per heavy atom. The number of alkyl halides is 3. The first-order valence-electron chi connectivity index (χ1n) is 9.10. The zero-order valence-corrected chi connectivity index (χ0v) is 17.3. The summed E-state index contributed by atoms with van der Waals surface area (Å²) in [4.78, 5) is 14.5. The van der Waals surface area contributed by atoms with Gasteiger partial charge in [-0.1, -0.05) is 23.2 Å². The van der Waals surface area contributed by atoms with Crippen LogP contribution < -0.4 is 4.90 Å². The van der Waals surface area contributed by atoms with Crippen LogP contribution in [0.4, 0.5) is 18.9 Å². The Balaban J connectivity index is 1.62. The molecule has 2 aromatic heterocycles. The Bertz CT molecular complexity index is 1100. The third kappa shape index (κ3) is 3.67. The molecule has 0 bridgehead atoms. The van der Waals surface area contributed by atoms with Gasteiger partial charge in [-0.05, 0) is 44.0 Å². The van der Waals surface area contributed by atoms with Crippen LogP contribution in [-0.4, -0.2) is 32.0 Å². The van der Waals surface area contributed by atoms with Crippen molar-refractivity contribution in [2.75, 3.05) is 11.4 Å². The average molecular weight is 458 g/mol. The van der Waals surface area contributed by atoms with Gasteiger partial charge in [-0.3, -0.25) is 9.48 Å². The smallest absolute Gasteiger partial charge is 0.308 e. The van der Waals surface area contributed by atoms with Crippen LogP contribution in [0.1, 0.15) is 23.5 Å². The highest BCUT2D eigenvalue weighted by atomic mass is 35.5. The molecule has 11 heteroatoms. The lowest BCUT2D eigenvalue weighted by molar-refractivity contribution is -0.141. The van der Waals surface area contributed by atoms with Crippen molar-refractivity contribution in [1.29, 1.82) is 0 Å². The Labute approximate surface area is 179 Å². The lowest BCUT2D eigenvalue weighted by Crippen LogP contribution is -2.38. The predicted octanol–water partition coefficient (Wildman–Crippen LogP) is 4.68. The third-order valence-corrected chi connectivity index (χ3v) is 5.70. The first-order valence-corrected chi connectivity index (χ1v) is 9.85. The summed E-state index contributed by atoms with van der Waals surface area (Å²) in [5, 5.41) is 8.01. The Morgan fingerprint density at radius 1 is 1.20 bits per heavy atom. The van der Waals surface area contributed by atoms with Gasteiger partial charge in [0.2, 0.25) is 5.91 Å². The summed E-state index contributed by atoms with van der Waals surface area (Å²) in [5.41, 5.74) is 1.19. The lowest BCUT2D eigenvalue weighted by atomic mass is 10.1. The molecule has 3 aromatic rings. The van der Waals surface area contributed by atoms with Gasteiger partial charge in [-0.25, -0.2) is 4.68 Å². The van der Waals surface area contributed by atoms with E-state index in [4.69, 9.17) is 23.2 Å². The second-order valence-corrected chi connectivity index (χ2v) is 7.73. The van der Waals surface area contributed by atoms with Crippen molar-refractivity contribution in [1.82, 2.24) is 19.6 Å². The molecule has 1 aliphatic rings. The van der Waals surface area contributed by atoms with E-state index >= 15 is 0 Å². The van der Waals surface area contributed by atoms with Gasteiger partial charge >= 0.3 is 6.18 Å². The molecule has 1 aliphatic heterocycles. The fraction of sp³-hybridized carbons (Fsp3) is 0.316. The van der Waals surface area contributed by atoms with E-state index in [1.54, 1.807) is 23.0 Å². The number of aromatic nitrogens is 4. The van der Waals surface area contributed by atoms with E-state index in [-0.39, 0.29) is 18.1 Å². The number of hydrogen-bond acceptors (Lipinski definition) is 3. The van der Waals surface area contributed by atoms with Crippen LogP contribution in [-0.2, 0) is 23.9 Å². The summed E-state index contributed by atoms with van der Waals surface area (Å²) in [6.07, 6.45) is -1.68. The van der Waals surface area contributed by atoms with Gasteiger partial charge in [0.05, 0.1) is 34.0 Å². The minimum absolute atomic E-state index is 0.0893. The molecule has 0 atom stereocenters. The molecule has 0 N–H and O–H groups in total. The number of nitrogens with zero attached hydrogens (tertiary/aromatic N) is 5. The van der Waals surface area contributed by atoms with Crippen LogP contribution in [0.2, 0.25) is 10.0 Å². The van der Waals surface area contributed by atoms with E-state index in [0.29, 0.717) is 30.1 Å². The van der Waals surface area contributed by atoms with Crippen molar-refractivity contribution in [3.05, 3.63) is 57.6 Å². The fourth-order valence-electron chi connectivity index (χ4n) is 3.49. The number of hydrogen-bond donors (Lipinski definition) is 0. The van der Waals surface area contributed by atoms with E-state index in [2.05, 4.69) is 10.2 Å². The van der Waals surface area contributed by atoms with Gasteiger partial charge in [0.15, 0.2) is 5.69 Å². The Hall–Kier alpha value is -2.52. The van der Waals surface area contributed by atoms with Gasteiger partial charge in [-0.2, -0.15) is 23.4 Å². The summed E-state index contributed by atoms with van der Waals surface area (Å²) in [6.45, 7) is 1.49. The van der Waals surface area contributed by atoms with Crippen LogP contribution in [0, 0.1) is 6.92 Å². The lowest BCUT2D eigenvalue weighted by Gasteiger charge is -2.27. The zero-order valence-electron chi connectivity index (χ0n) is 15.7. The fourth-order valence-corrected chi connectivity index (χ4v) is 3.85. The number of carbonyl (C=O) groups excluding carboxylic acids is 1. The van der Waals surface area contributed by atoms with Crippen molar-refractivity contribution in [2.45, 2.75) is 32.5 Å². The Kier molecular flexibility index (Phi) is 5.27. The number of carbonyl (C=O) groups is 1. The number of rotatable bonds is 3. The van der Waals surface area contributed by atoms with Crippen molar-refractivity contribution < 1.29 is 18.0 Å². The Morgan fingerprint density at radius 3 is 2.53 bits per heavy atom. The summed E-state index contributed by atoms with van der Waals surface area (Å²) < 4.78 is 41.9. The second-order valence-electron chi connectivity index (χ2n) is 6.92. The quantitative estimate of drug-likeness (QED) is 0.573. The maximum absolute atomic E-state index is 13.0. The van der Waals surface area contributed by atoms with Gasteiger partial charge < -0.3 is 4.90 Å². The molecule has 3 heterocycles. The second kappa shape index (κ2) is 7.63. The highest BCUT2D eigenvalue weighted by Crippen LogP contribution is 2.35. The zero-order chi connectivity index (χ0) is 21.6. The number of fused-ring (bicyclic) bond motifs is 1. The maximum Gasteiger partial charge on any atom is 0.436 e. The third-order valence-electron chi connectivity index (χ3n) is 4.99. The minimum atomic E-state index is -4.69. The summed E-state index contributed by atoms with van der Waals surface area (Å²) in [7, 11) is 0. The molecule has 1 aromatic carbocycles. The number of amides is 1. The molecule has 0 fully saturated rings. The predicted molar refractivity (Wildman–Crippen MR) is 106 cm³/mol. The molecular formula is C19H16Cl2F3N5O. The molecule has 30 heavy (non-hydrogen) atoms. The minimum Gasteiger partial charge on any atom is -0.308 e. The molecular weight excluding hydrogens is 442 g/mol. The van der Waals surface area contributed by atoms with E-state index in [9.17, 15) is 18.0 Å². The molecule has 0 radical (unpaired) electrons. The van der Waals surface area contributed by atoms with E-state index in [1.165, 1.54) is 11.8 Å². The van der Waals surface area contributed by atoms with Gasteiger partial charge in [0.1, 0.15) is 6.54 Å². The van der Waals surface area contributed by atoms with Crippen molar-refractivity contribution in [3.63, 3.8) is 0 Å². The molecule has 158 valence electrons. The maximum atomic E-state index is 13.0. The van der Waals surface area contributed by atoms with Gasteiger partial charge in [0, 0.05) is 11.6 Å². The van der Waals surface area contributed by atoms with E-state index in [1.807, 2.05) is 12.1 Å². The first-order chi connectivity index (χ1) is 14.2. The van der Waals surface area contributed by atoms with Crippen LogP contribution in [0.15, 0.2) is 30.5 Å². The van der Waals surface area contributed by atoms with Crippen molar-refractivity contribution in [3.8, 4) is 5.69 Å². The summed E-state index contributed by atoms with van der Waals surface area (Å²) >= 11 is 11.7. The highest BCUT2D eigenvalue weighted by molar-refractivity contribution is 6.32.